The van der Waals surface area contributed by atoms with Crippen molar-refractivity contribution in [3.8, 4) is 5.69 Å². The number of nitrogens with zero attached hydrogens (tertiary/aromatic N) is 4. The number of aromatic nitrogens is 4. The molecule has 30 heavy (non-hydrogen) atoms. The van der Waals surface area contributed by atoms with Crippen LogP contribution in [0.25, 0.3) is 5.69 Å². The van der Waals surface area contributed by atoms with Crippen LogP contribution in [-0.4, -0.2) is 25.5 Å². The van der Waals surface area contributed by atoms with Crippen molar-refractivity contribution in [2.24, 2.45) is 0 Å². The molecular formula is C23H25N5O2. The second-order valence-corrected chi connectivity index (χ2v) is 8.34. The van der Waals surface area contributed by atoms with E-state index in [1.165, 1.54) is 0 Å². The van der Waals surface area contributed by atoms with E-state index in [1.807, 2.05) is 49.5 Å². The second-order valence-electron chi connectivity index (χ2n) is 8.34. The molecule has 7 nitrogen and oxygen atoms in total. The van der Waals surface area contributed by atoms with E-state index in [1.54, 1.807) is 27.7 Å². The molecule has 0 spiro atoms. The van der Waals surface area contributed by atoms with Gasteiger partial charge >= 0.3 is 0 Å². The highest BCUT2D eigenvalue weighted by molar-refractivity contribution is 6.02. The number of carbonyl (C=O) groups is 1. The first-order chi connectivity index (χ1) is 14.3. The Labute approximate surface area is 175 Å². The van der Waals surface area contributed by atoms with Gasteiger partial charge in [-0.25, -0.2) is 4.68 Å². The fourth-order valence-electron chi connectivity index (χ4n) is 3.11. The SMILES string of the molecule is Cc1cccc(-n2nc(C(C)(C)C)cc2NC(=O)c2ccc(Cn3cccn3)o2)c1. The van der Waals surface area contributed by atoms with E-state index in [4.69, 9.17) is 9.52 Å². The average molecular weight is 403 g/mol. The number of aryl methyl sites for hydroxylation is 1. The van der Waals surface area contributed by atoms with Gasteiger partial charge in [0.2, 0.25) is 0 Å². The number of amides is 1. The molecule has 0 saturated heterocycles. The van der Waals surface area contributed by atoms with Crippen LogP contribution >= 0.6 is 0 Å². The number of rotatable bonds is 5. The zero-order chi connectivity index (χ0) is 21.3. The van der Waals surface area contributed by atoms with E-state index in [0.717, 1.165) is 16.9 Å². The highest BCUT2D eigenvalue weighted by Gasteiger charge is 2.22. The summed E-state index contributed by atoms with van der Waals surface area (Å²) in [5, 5.41) is 11.9. The Morgan fingerprint density at radius 3 is 2.67 bits per heavy atom. The largest absolute Gasteiger partial charge is 0.454 e. The molecule has 0 aliphatic carbocycles. The van der Waals surface area contributed by atoms with Crippen molar-refractivity contribution in [3.63, 3.8) is 0 Å². The predicted octanol–water partition coefficient (Wildman–Crippen LogP) is 4.57. The van der Waals surface area contributed by atoms with Crippen molar-refractivity contribution >= 4 is 11.7 Å². The lowest BCUT2D eigenvalue weighted by Gasteiger charge is -2.14. The first-order valence-electron chi connectivity index (χ1n) is 9.85. The van der Waals surface area contributed by atoms with Crippen LogP contribution in [0.15, 0.2) is 65.3 Å². The molecule has 154 valence electrons. The normalized spacial score (nSPS) is 11.6. The molecule has 0 aliphatic rings. The number of nitrogens with one attached hydrogen (secondary N) is 1. The quantitative estimate of drug-likeness (QED) is 0.530. The molecule has 0 unspecified atom stereocenters. The Morgan fingerprint density at radius 2 is 1.97 bits per heavy atom. The van der Waals surface area contributed by atoms with Crippen LogP contribution in [0, 0.1) is 6.92 Å². The Kier molecular flexibility index (Phi) is 5.03. The smallest absolute Gasteiger partial charge is 0.292 e. The highest BCUT2D eigenvalue weighted by Crippen LogP contribution is 2.27. The maximum Gasteiger partial charge on any atom is 0.292 e. The van der Waals surface area contributed by atoms with Crippen LogP contribution in [0.5, 0.6) is 0 Å². The number of anilines is 1. The van der Waals surface area contributed by atoms with Gasteiger partial charge in [0.15, 0.2) is 5.76 Å². The molecule has 1 N–H and O–H groups in total. The molecule has 0 atom stereocenters. The topological polar surface area (TPSA) is 77.9 Å². The lowest BCUT2D eigenvalue weighted by atomic mass is 9.92. The summed E-state index contributed by atoms with van der Waals surface area (Å²) in [5.41, 5.74) is 2.74. The molecule has 0 aliphatic heterocycles. The van der Waals surface area contributed by atoms with Crippen molar-refractivity contribution in [3.05, 3.63) is 83.7 Å². The molecule has 3 heterocycles. The van der Waals surface area contributed by atoms with Gasteiger partial charge in [-0.15, -0.1) is 0 Å². The maximum absolute atomic E-state index is 12.9. The molecule has 4 rings (SSSR count). The van der Waals surface area contributed by atoms with Crippen molar-refractivity contribution in [1.82, 2.24) is 19.6 Å². The average Bonchev–Trinajstić information content (AvgIpc) is 3.42. The standard InChI is InChI=1S/C23H25N5O2/c1-16-7-5-8-17(13-16)28-21(14-20(26-28)23(2,3)4)25-22(29)19-10-9-18(30-19)15-27-12-6-11-24-27/h5-14H,15H2,1-4H3,(H,25,29). The lowest BCUT2D eigenvalue weighted by molar-refractivity contribution is 0.0994. The molecule has 4 aromatic rings. The summed E-state index contributed by atoms with van der Waals surface area (Å²) in [6, 6.07) is 15.2. The van der Waals surface area contributed by atoms with Gasteiger partial charge in [-0.2, -0.15) is 10.2 Å². The van der Waals surface area contributed by atoms with Gasteiger partial charge in [0, 0.05) is 23.9 Å². The molecule has 0 bridgehead atoms. The van der Waals surface area contributed by atoms with Crippen LogP contribution in [0.3, 0.4) is 0 Å². The first-order valence-corrected chi connectivity index (χ1v) is 9.85. The lowest BCUT2D eigenvalue weighted by Crippen LogP contribution is -2.14. The van der Waals surface area contributed by atoms with Crippen molar-refractivity contribution < 1.29 is 9.21 Å². The zero-order valence-electron chi connectivity index (χ0n) is 17.6. The number of hydrogen-bond donors (Lipinski definition) is 1. The number of hydrogen-bond acceptors (Lipinski definition) is 4. The van der Waals surface area contributed by atoms with Crippen LogP contribution in [0.1, 0.15) is 48.3 Å². The fraction of sp³-hybridized carbons (Fsp3) is 0.261. The van der Waals surface area contributed by atoms with E-state index < -0.39 is 0 Å². The minimum absolute atomic E-state index is 0.157. The Morgan fingerprint density at radius 1 is 1.13 bits per heavy atom. The number of furan rings is 1. The van der Waals surface area contributed by atoms with E-state index in [9.17, 15) is 4.79 Å². The summed E-state index contributed by atoms with van der Waals surface area (Å²) in [6.45, 7) is 8.77. The summed E-state index contributed by atoms with van der Waals surface area (Å²) in [4.78, 5) is 12.9. The third kappa shape index (κ3) is 4.20. The van der Waals surface area contributed by atoms with Gasteiger partial charge in [0.25, 0.3) is 5.91 Å². The summed E-state index contributed by atoms with van der Waals surface area (Å²) in [5.74, 6) is 1.18. The third-order valence-corrected chi connectivity index (χ3v) is 4.73. The Balaban J connectivity index is 1.61. The molecule has 1 amide bonds. The van der Waals surface area contributed by atoms with Gasteiger partial charge in [-0.1, -0.05) is 32.9 Å². The van der Waals surface area contributed by atoms with E-state index in [0.29, 0.717) is 18.1 Å². The minimum atomic E-state index is -0.323. The molecule has 0 saturated carbocycles. The van der Waals surface area contributed by atoms with Crippen molar-refractivity contribution in [2.45, 2.75) is 39.7 Å². The van der Waals surface area contributed by atoms with Gasteiger partial charge in [-0.05, 0) is 42.8 Å². The highest BCUT2D eigenvalue weighted by atomic mass is 16.4. The molecular weight excluding hydrogens is 378 g/mol. The molecule has 1 aromatic carbocycles. The number of benzene rings is 1. The van der Waals surface area contributed by atoms with Crippen LogP contribution < -0.4 is 5.32 Å². The summed E-state index contributed by atoms with van der Waals surface area (Å²) in [7, 11) is 0. The van der Waals surface area contributed by atoms with Crippen LogP contribution in [0.4, 0.5) is 5.82 Å². The summed E-state index contributed by atoms with van der Waals surface area (Å²) in [6.07, 6.45) is 3.55. The van der Waals surface area contributed by atoms with Gasteiger partial charge in [0.05, 0.1) is 17.9 Å². The van der Waals surface area contributed by atoms with E-state index in [2.05, 4.69) is 31.2 Å². The van der Waals surface area contributed by atoms with E-state index >= 15 is 0 Å². The molecule has 7 heteroatoms. The summed E-state index contributed by atoms with van der Waals surface area (Å²) >= 11 is 0. The first kappa shape index (κ1) is 19.7. The van der Waals surface area contributed by atoms with Crippen molar-refractivity contribution in [2.75, 3.05) is 5.32 Å². The van der Waals surface area contributed by atoms with Gasteiger partial charge in [0.1, 0.15) is 11.6 Å². The van der Waals surface area contributed by atoms with Crippen LogP contribution in [0.2, 0.25) is 0 Å². The van der Waals surface area contributed by atoms with Gasteiger partial charge < -0.3 is 9.73 Å². The predicted molar refractivity (Wildman–Crippen MR) is 115 cm³/mol. The summed E-state index contributed by atoms with van der Waals surface area (Å²) < 4.78 is 9.23. The minimum Gasteiger partial charge on any atom is -0.454 e. The third-order valence-electron chi connectivity index (χ3n) is 4.73. The molecule has 0 fully saturated rings. The van der Waals surface area contributed by atoms with E-state index in [-0.39, 0.29) is 17.1 Å². The van der Waals surface area contributed by atoms with Crippen molar-refractivity contribution in [1.29, 1.82) is 0 Å². The molecule has 0 radical (unpaired) electrons. The zero-order valence-corrected chi connectivity index (χ0v) is 17.6. The fourth-order valence-corrected chi connectivity index (χ4v) is 3.11. The maximum atomic E-state index is 12.9. The van der Waals surface area contributed by atoms with Gasteiger partial charge in [-0.3, -0.25) is 9.48 Å². The van der Waals surface area contributed by atoms with Crippen LogP contribution in [-0.2, 0) is 12.0 Å². The second kappa shape index (κ2) is 7.67. The number of carbonyl (C=O) groups excluding carboxylic acids is 1. The Bertz CT molecular complexity index is 1160. The monoisotopic (exact) mass is 403 g/mol. The Hall–Kier alpha value is -3.61. The molecule has 3 aromatic heterocycles.